The van der Waals surface area contributed by atoms with E-state index in [0.29, 0.717) is 0 Å². The van der Waals surface area contributed by atoms with Gasteiger partial charge in [0.2, 0.25) is 0 Å². The van der Waals surface area contributed by atoms with E-state index in [-0.39, 0.29) is 0 Å². The van der Waals surface area contributed by atoms with Gasteiger partial charge in [-0.25, -0.2) is 0 Å². The molecule has 2 aromatic heterocycles. The quantitative estimate of drug-likeness (QED) is 0.139. The third-order valence-corrected chi connectivity index (χ3v) is 15.8. The van der Waals surface area contributed by atoms with E-state index in [2.05, 4.69) is 266 Å². The van der Waals surface area contributed by atoms with Crippen molar-refractivity contribution in [1.82, 2.24) is 0 Å². The summed E-state index contributed by atoms with van der Waals surface area (Å²) in [7, 11) is 0. The number of benzene rings is 11. The van der Waals surface area contributed by atoms with Crippen molar-refractivity contribution in [3.63, 3.8) is 0 Å². The van der Waals surface area contributed by atoms with Gasteiger partial charge in [-0.15, -0.1) is 22.7 Å². The molecule has 324 valence electrons. The zero-order valence-corrected chi connectivity index (χ0v) is 39.2. The number of anilines is 3. The van der Waals surface area contributed by atoms with Gasteiger partial charge >= 0.3 is 0 Å². The lowest BCUT2D eigenvalue weighted by molar-refractivity contribution is 1.28. The van der Waals surface area contributed by atoms with Crippen LogP contribution in [0.25, 0.3) is 107 Å². The molecule has 69 heavy (non-hydrogen) atoms. The number of hydrogen-bond acceptors (Lipinski definition) is 3. The predicted molar refractivity (Wildman–Crippen MR) is 300 cm³/mol. The van der Waals surface area contributed by atoms with Crippen LogP contribution in [0, 0.1) is 0 Å². The van der Waals surface area contributed by atoms with Crippen LogP contribution in [0.5, 0.6) is 0 Å². The highest BCUT2D eigenvalue weighted by Crippen LogP contribution is 2.42. The molecule has 0 amide bonds. The molecule has 0 atom stereocenters. The van der Waals surface area contributed by atoms with Crippen LogP contribution in [0.2, 0.25) is 0 Å². The summed E-state index contributed by atoms with van der Waals surface area (Å²) < 4.78 is 5.28. The van der Waals surface area contributed by atoms with Crippen molar-refractivity contribution < 1.29 is 0 Å². The Bertz CT molecular complexity index is 3750. The van der Waals surface area contributed by atoms with E-state index in [0.717, 1.165) is 17.1 Å². The smallest absolute Gasteiger partial charge is 0.0462 e. The molecule has 0 radical (unpaired) electrons. The first-order valence-corrected chi connectivity index (χ1v) is 25.1. The van der Waals surface area contributed by atoms with Gasteiger partial charge in [0.15, 0.2) is 0 Å². The van der Waals surface area contributed by atoms with Gasteiger partial charge < -0.3 is 4.90 Å². The maximum Gasteiger partial charge on any atom is 0.0462 e. The first kappa shape index (κ1) is 40.9. The minimum absolute atomic E-state index is 1.10. The second-order valence-corrected chi connectivity index (χ2v) is 19.9. The Morgan fingerprint density at radius 3 is 0.855 bits per heavy atom. The molecule has 13 aromatic rings. The zero-order chi connectivity index (χ0) is 45.7. The van der Waals surface area contributed by atoms with Crippen molar-refractivity contribution in [2.45, 2.75) is 0 Å². The molecular formula is C66H43NS2. The second kappa shape index (κ2) is 17.4. The SMILES string of the molecule is c1ccc(-c2ccc(N(c3ccc(-c4ccccc4)cc3)c3ccc(-c4ccc(-c5cc(-c6ccc7sc8ccccc8c7c6)cc(-c6ccc7sc8ccccc8c7c6)c5)cc4)cc3)cc2)cc1. The average molecular weight is 914 g/mol. The largest absolute Gasteiger partial charge is 0.311 e. The molecule has 2 heterocycles. The van der Waals surface area contributed by atoms with Crippen LogP contribution in [-0.2, 0) is 0 Å². The molecule has 0 unspecified atom stereocenters. The number of hydrogen-bond donors (Lipinski definition) is 0. The summed E-state index contributed by atoms with van der Waals surface area (Å²) >= 11 is 3.73. The Labute approximate surface area is 410 Å². The van der Waals surface area contributed by atoms with Crippen LogP contribution in [0.4, 0.5) is 17.1 Å². The molecule has 1 nitrogen and oxygen atoms in total. The van der Waals surface area contributed by atoms with Crippen LogP contribution in [-0.4, -0.2) is 0 Å². The highest BCUT2D eigenvalue weighted by atomic mass is 32.1. The summed E-state index contributed by atoms with van der Waals surface area (Å²) in [4.78, 5) is 2.35. The number of fused-ring (bicyclic) bond motifs is 6. The Balaban J connectivity index is 0.853. The van der Waals surface area contributed by atoms with Crippen molar-refractivity contribution in [3.8, 4) is 66.8 Å². The summed E-state index contributed by atoms with van der Waals surface area (Å²) in [6.07, 6.45) is 0. The third-order valence-electron chi connectivity index (χ3n) is 13.5. The van der Waals surface area contributed by atoms with Crippen LogP contribution in [0.15, 0.2) is 261 Å². The highest BCUT2D eigenvalue weighted by molar-refractivity contribution is 7.26. The monoisotopic (exact) mass is 913 g/mol. The molecule has 13 rings (SSSR count). The van der Waals surface area contributed by atoms with Gasteiger partial charge in [-0.1, -0.05) is 170 Å². The minimum Gasteiger partial charge on any atom is -0.311 e. The van der Waals surface area contributed by atoms with E-state index in [1.54, 1.807) is 0 Å². The van der Waals surface area contributed by atoms with E-state index < -0.39 is 0 Å². The summed E-state index contributed by atoms with van der Waals surface area (Å²) in [6.45, 7) is 0. The van der Waals surface area contributed by atoms with Crippen molar-refractivity contribution in [1.29, 1.82) is 0 Å². The predicted octanol–water partition coefficient (Wildman–Crippen LogP) is 19.9. The van der Waals surface area contributed by atoms with Crippen LogP contribution >= 0.6 is 22.7 Å². The van der Waals surface area contributed by atoms with Gasteiger partial charge in [-0.3, -0.25) is 0 Å². The van der Waals surface area contributed by atoms with E-state index in [4.69, 9.17) is 0 Å². The minimum atomic E-state index is 1.10. The molecule has 0 spiro atoms. The van der Waals surface area contributed by atoms with E-state index in [1.165, 1.54) is 107 Å². The second-order valence-electron chi connectivity index (χ2n) is 17.7. The molecule has 0 saturated heterocycles. The molecule has 0 aliphatic carbocycles. The van der Waals surface area contributed by atoms with E-state index in [9.17, 15) is 0 Å². The van der Waals surface area contributed by atoms with Gasteiger partial charge in [0.05, 0.1) is 0 Å². The van der Waals surface area contributed by atoms with Gasteiger partial charge in [-0.05, 0) is 158 Å². The van der Waals surface area contributed by atoms with Gasteiger partial charge in [0.25, 0.3) is 0 Å². The van der Waals surface area contributed by atoms with Crippen molar-refractivity contribution in [2.75, 3.05) is 4.90 Å². The van der Waals surface area contributed by atoms with Crippen molar-refractivity contribution in [3.05, 3.63) is 261 Å². The molecule has 11 aromatic carbocycles. The molecule has 0 bridgehead atoms. The molecule has 3 heteroatoms. The molecular weight excluding hydrogens is 871 g/mol. The van der Waals surface area contributed by atoms with Crippen molar-refractivity contribution >= 4 is 80.1 Å². The first-order valence-electron chi connectivity index (χ1n) is 23.5. The Kier molecular flexibility index (Phi) is 10.3. The molecule has 0 aliphatic rings. The summed E-state index contributed by atoms with van der Waals surface area (Å²) in [5.41, 5.74) is 17.7. The van der Waals surface area contributed by atoms with E-state index >= 15 is 0 Å². The summed E-state index contributed by atoms with van der Waals surface area (Å²) in [5, 5.41) is 5.26. The lowest BCUT2D eigenvalue weighted by atomic mass is 9.92. The highest BCUT2D eigenvalue weighted by Gasteiger charge is 2.16. The van der Waals surface area contributed by atoms with Gasteiger partial charge in [-0.2, -0.15) is 0 Å². The Morgan fingerprint density at radius 2 is 0.464 bits per heavy atom. The third kappa shape index (κ3) is 7.78. The number of thiophene rings is 2. The first-order chi connectivity index (χ1) is 34.1. The topological polar surface area (TPSA) is 3.24 Å². The fourth-order valence-electron chi connectivity index (χ4n) is 9.91. The molecule has 0 N–H and O–H groups in total. The Hall–Kier alpha value is -8.34. The average Bonchev–Trinajstić information content (AvgIpc) is 4.00. The van der Waals surface area contributed by atoms with Gasteiger partial charge in [0, 0.05) is 57.4 Å². The summed E-state index contributed by atoms with van der Waals surface area (Å²) in [5.74, 6) is 0. The lowest BCUT2D eigenvalue weighted by Crippen LogP contribution is -2.09. The van der Waals surface area contributed by atoms with Gasteiger partial charge in [0.1, 0.15) is 0 Å². The zero-order valence-electron chi connectivity index (χ0n) is 37.6. The molecule has 0 fully saturated rings. The Morgan fingerprint density at radius 1 is 0.188 bits per heavy atom. The van der Waals surface area contributed by atoms with Crippen LogP contribution in [0.3, 0.4) is 0 Å². The van der Waals surface area contributed by atoms with Crippen molar-refractivity contribution in [2.24, 2.45) is 0 Å². The van der Waals surface area contributed by atoms with Crippen LogP contribution < -0.4 is 4.90 Å². The number of rotatable bonds is 9. The maximum atomic E-state index is 2.39. The standard InChI is InChI=1S/C66H43NS2/c1-3-11-44(12-4-1)47-23-31-56(32-24-47)67(57-33-25-48(26-34-57)45-13-5-2-6-14-45)58-35-27-49(28-36-58)46-19-21-50(22-20-46)53-39-54(51-29-37-65-61(42-51)59-15-7-9-17-63(59)68-65)41-55(40-53)52-30-38-66-62(43-52)60-16-8-10-18-64(60)69-66/h1-43H. The number of nitrogens with zero attached hydrogens (tertiary/aromatic N) is 1. The normalized spacial score (nSPS) is 11.5. The summed E-state index contributed by atoms with van der Waals surface area (Å²) in [6, 6.07) is 95.7. The molecule has 0 saturated carbocycles. The fourth-order valence-corrected chi connectivity index (χ4v) is 12.1. The molecule has 0 aliphatic heterocycles. The fraction of sp³-hybridized carbons (Fsp3) is 0. The van der Waals surface area contributed by atoms with E-state index in [1.807, 2.05) is 22.7 Å². The maximum absolute atomic E-state index is 2.39. The lowest BCUT2D eigenvalue weighted by Gasteiger charge is -2.26. The van der Waals surface area contributed by atoms with Crippen LogP contribution in [0.1, 0.15) is 0 Å².